The molecule has 1 fully saturated rings. The van der Waals surface area contributed by atoms with Crippen LogP contribution in [-0.2, 0) is 0 Å². The van der Waals surface area contributed by atoms with Crippen LogP contribution in [0, 0.1) is 19.3 Å². The van der Waals surface area contributed by atoms with E-state index in [1.807, 2.05) is 0 Å². The van der Waals surface area contributed by atoms with Crippen LogP contribution in [0.5, 0.6) is 0 Å². The molecule has 1 aromatic carbocycles. The van der Waals surface area contributed by atoms with E-state index in [0.717, 1.165) is 11.6 Å². The Morgan fingerprint density at radius 2 is 1.76 bits per heavy atom. The maximum absolute atomic E-state index is 6.63. The highest BCUT2D eigenvalue weighted by Crippen LogP contribution is 2.51. The molecule has 0 radical (unpaired) electrons. The number of halogens is 1. The third kappa shape index (κ3) is 3.46. The first-order valence-electron chi connectivity index (χ1n) is 8.54. The topological polar surface area (TPSA) is 12.0 Å². The molecular formula is C19H30ClN. The Morgan fingerprint density at radius 3 is 2.33 bits per heavy atom. The second-order valence-electron chi connectivity index (χ2n) is 6.77. The van der Waals surface area contributed by atoms with Crippen molar-refractivity contribution in [3.05, 3.63) is 33.8 Å². The highest BCUT2D eigenvalue weighted by atomic mass is 35.5. The maximum atomic E-state index is 6.63. The molecule has 1 N–H and O–H groups in total. The number of hydrogen-bond donors (Lipinski definition) is 1. The Bertz CT molecular complexity index is 475. The SMILES string of the molecule is CCCNC(c1cc(C)c(C)cc1Cl)C1(CC)CCCC1. The lowest BCUT2D eigenvalue weighted by Crippen LogP contribution is -2.37. The summed E-state index contributed by atoms with van der Waals surface area (Å²) in [6, 6.07) is 4.86. The molecule has 1 saturated carbocycles. The second-order valence-corrected chi connectivity index (χ2v) is 7.18. The van der Waals surface area contributed by atoms with Gasteiger partial charge in [-0.15, -0.1) is 0 Å². The number of nitrogens with one attached hydrogen (secondary N) is 1. The monoisotopic (exact) mass is 307 g/mol. The van der Waals surface area contributed by atoms with Crippen molar-refractivity contribution in [2.24, 2.45) is 5.41 Å². The van der Waals surface area contributed by atoms with Crippen molar-refractivity contribution in [1.29, 1.82) is 0 Å². The number of rotatable bonds is 6. The number of benzene rings is 1. The summed E-state index contributed by atoms with van der Waals surface area (Å²) in [5, 5.41) is 4.76. The van der Waals surface area contributed by atoms with E-state index in [0.29, 0.717) is 11.5 Å². The average molecular weight is 308 g/mol. The summed E-state index contributed by atoms with van der Waals surface area (Å²) in [6.45, 7) is 9.99. The zero-order valence-electron chi connectivity index (χ0n) is 14.1. The summed E-state index contributed by atoms with van der Waals surface area (Å²) in [7, 11) is 0. The van der Waals surface area contributed by atoms with Gasteiger partial charge in [0.1, 0.15) is 0 Å². The summed E-state index contributed by atoms with van der Waals surface area (Å²) in [6.07, 6.45) is 7.78. The summed E-state index contributed by atoms with van der Waals surface area (Å²) in [5.41, 5.74) is 4.34. The van der Waals surface area contributed by atoms with Crippen LogP contribution < -0.4 is 5.32 Å². The molecule has 1 aromatic rings. The normalized spacial score (nSPS) is 18.9. The van der Waals surface area contributed by atoms with Gasteiger partial charge in [0.15, 0.2) is 0 Å². The van der Waals surface area contributed by atoms with E-state index in [4.69, 9.17) is 11.6 Å². The minimum Gasteiger partial charge on any atom is -0.309 e. The first-order valence-corrected chi connectivity index (χ1v) is 8.92. The fraction of sp³-hybridized carbons (Fsp3) is 0.684. The summed E-state index contributed by atoms with van der Waals surface area (Å²) >= 11 is 6.63. The smallest absolute Gasteiger partial charge is 0.0456 e. The molecule has 0 aromatic heterocycles. The first kappa shape index (κ1) is 16.8. The van der Waals surface area contributed by atoms with Crippen LogP contribution >= 0.6 is 11.6 Å². The molecule has 1 nitrogen and oxygen atoms in total. The molecule has 1 aliphatic carbocycles. The van der Waals surface area contributed by atoms with E-state index in [9.17, 15) is 0 Å². The van der Waals surface area contributed by atoms with Crippen molar-refractivity contribution in [2.75, 3.05) is 6.54 Å². The Labute approximate surface area is 135 Å². The van der Waals surface area contributed by atoms with Crippen LogP contribution in [0.1, 0.15) is 75.1 Å². The minimum absolute atomic E-state index is 0.389. The minimum atomic E-state index is 0.389. The van der Waals surface area contributed by atoms with E-state index >= 15 is 0 Å². The van der Waals surface area contributed by atoms with Crippen molar-refractivity contribution in [3.8, 4) is 0 Å². The van der Waals surface area contributed by atoms with E-state index in [2.05, 4.69) is 45.1 Å². The van der Waals surface area contributed by atoms with Gasteiger partial charge in [-0.25, -0.2) is 0 Å². The second kappa shape index (κ2) is 7.15. The predicted molar refractivity (Wildman–Crippen MR) is 93.2 cm³/mol. The molecule has 0 amide bonds. The van der Waals surface area contributed by atoms with E-state index in [-0.39, 0.29) is 0 Å². The van der Waals surface area contributed by atoms with E-state index in [1.165, 1.54) is 55.2 Å². The van der Waals surface area contributed by atoms with Gasteiger partial charge in [0.2, 0.25) is 0 Å². The fourth-order valence-corrected chi connectivity index (χ4v) is 4.22. The van der Waals surface area contributed by atoms with Crippen molar-refractivity contribution in [3.63, 3.8) is 0 Å². The van der Waals surface area contributed by atoms with Gasteiger partial charge in [-0.3, -0.25) is 0 Å². The van der Waals surface area contributed by atoms with Gasteiger partial charge in [0, 0.05) is 11.1 Å². The largest absolute Gasteiger partial charge is 0.309 e. The third-order valence-electron chi connectivity index (χ3n) is 5.44. The molecule has 118 valence electrons. The van der Waals surface area contributed by atoms with E-state index < -0.39 is 0 Å². The molecule has 0 bridgehead atoms. The molecule has 1 unspecified atom stereocenters. The average Bonchev–Trinajstić information content (AvgIpc) is 2.94. The van der Waals surface area contributed by atoms with Gasteiger partial charge >= 0.3 is 0 Å². The van der Waals surface area contributed by atoms with Crippen molar-refractivity contribution < 1.29 is 0 Å². The highest BCUT2D eigenvalue weighted by Gasteiger charge is 2.41. The van der Waals surface area contributed by atoms with Crippen LogP contribution in [-0.4, -0.2) is 6.54 Å². The Kier molecular flexibility index (Phi) is 5.73. The molecule has 2 heteroatoms. The lowest BCUT2D eigenvalue weighted by Gasteiger charge is -2.39. The van der Waals surface area contributed by atoms with Crippen LogP contribution in [0.3, 0.4) is 0 Å². The summed E-state index contributed by atoms with van der Waals surface area (Å²) in [4.78, 5) is 0. The molecular weight excluding hydrogens is 278 g/mol. The van der Waals surface area contributed by atoms with Gasteiger partial charge < -0.3 is 5.32 Å². The van der Waals surface area contributed by atoms with Crippen LogP contribution in [0.4, 0.5) is 0 Å². The van der Waals surface area contributed by atoms with Crippen molar-refractivity contribution >= 4 is 11.6 Å². The van der Waals surface area contributed by atoms with E-state index in [1.54, 1.807) is 0 Å². The Morgan fingerprint density at radius 1 is 1.14 bits per heavy atom. The lowest BCUT2D eigenvalue weighted by molar-refractivity contribution is 0.187. The van der Waals surface area contributed by atoms with Gasteiger partial charge in [-0.1, -0.05) is 44.4 Å². The van der Waals surface area contributed by atoms with Gasteiger partial charge in [0.25, 0.3) is 0 Å². The van der Waals surface area contributed by atoms with Crippen molar-refractivity contribution in [2.45, 2.75) is 72.3 Å². The van der Waals surface area contributed by atoms with Gasteiger partial charge in [0.05, 0.1) is 0 Å². The zero-order valence-corrected chi connectivity index (χ0v) is 14.8. The van der Waals surface area contributed by atoms with Gasteiger partial charge in [-0.05, 0) is 74.2 Å². The van der Waals surface area contributed by atoms with Gasteiger partial charge in [-0.2, -0.15) is 0 Å². The molecule has 0 heterocycles. The zero-order chi connectivity index (χ0) is 15.5. The highest BCUT2D eigenvalue weighted by molar-refractivity contribution is 6.31. The van der Waals surface area contributed by atoms with Crippen LogP contribution in [0.25, 0.3) is 0 Å². The Balaban J connectivity index is 2.42. The lowest BCUT2D eigenvalue weighted by atomic mass is 9.73. The molecule has 1 aliphatic rings. The molecule has 0 saturated heterocycles. The summed E-state index contributed by atoms with van der Waals surface area (Å²) < 4.78 is 0. The predicted octanol–water partition coefficient (Wildman–Crippen LogP) is 5.97. The maximum Gasteiger partial charge on any atom is 0.0456 e. The Hall–Kier alpha value is -0.530. The number of hydrogen-bond acceptors (Lipinski definition) is 1. The fourth-order valence-electron chi connectivity index (χ4n) is 3.89. The first-order chi connectivity index (χ1) is 10.0. The van der Waals surface area contributed by atoms with Crippen LogP contribution in [0.2, 0.25) is 5.02 Å². The molecule has 2 rings (SSSR count). The molecule has 1 atom stereocenters. The third-order valence-corrected chi connectivity index (χ3v) is 5.77. The molecule has 0 aliphatic heterocycles. The molecule has 0 spiro atoms. The quantitative estimate of drug-likeness (QED) is 0.683. The molecule has 21 heavy (non-hydrogen) atoms. The van der Waals surface area contributed by atoms with Crippen LogP contribution in [0.15, 0.2) is 12.1 Å². The standard InChI is InChI=1S/C19H30ClN/c1-5-11-21-18(19(6-2)9-7-8-10-19)16-12-14(3)15(4)13-17(16)20/h12-13,18,21H,5-11H2,1-4H3. The van der Waals surface area contributed by atoms with Crippen molar-refractivity contribution in [1.82, 2.24) is 5.32 Å². The number of aryl methyl sites for hydroxylation is 2. The summed E-state index contributed by atoms with van der Waals surface area (Å²) in [5.74, 6) is 0.